The average molecular weight is 353 g/mol. The van der Waals surface area contributed by atoms with Crippen LogP contribution in [0.2, 0.25) is 0 Å². The quantitative estimate of drug-likeness (QED) is 0.568. The summed E-state index contributed by atoms with van der Waals surface area (Å²) in [6.45, 7) is 8.20. The van der Waals surface area contributed by atoms with Crippen LogP contribution >= 0.6 is 0 Å². The predicted octanol–water partition coefficient (Wildman–Crippen LogP) is 4.98. The van der Waals surface area contributed by atoms with Crippen LogP contribution in [0.3, 0.4) is 0 Å². The molecule has 0 bridgehead atoms. The van der Waals surface area contributed by atoms with E-state index in [0.717, 1.165) is 40.1 Å². The summed E-state index contributed by atoms with van der Waals surface area (Å²) in [5.41, 5.74) is 7.39. The van der Waals surface area contributed by atoms with Gasteiger partial charge in [0.25, 0.3) is 0 Å². The molecular formula is C21H27N3O2. The molecule has 0 heterocycles. The maximum absolute atomic E-state index is 12.1. The first-order valence-corrected chi connectivity index (χ1v) is 8.81. The molecule has 0 aliphatic carbocycles. The Morgan fingerprint density at radius 1 is 1.19 bits per heavy atom. The van der Waals surface area contributed by atoms with E-state index in [4.69, 9.17) is 4.74 Å². The molecule has 1 atom stereocenters. The van der Waals surface area contributed by atoms with Crippen LogP contribution in [0.25, 0.3) is 0 Å². The number of para-hydroxylation sites is 1. The van der Waals surface area contributed by atoms with Crippen molar-refractivity contribution in [1.82, 2.24) is 5.43 Å². The van der Waals surface area contributed by atoms with Gasteiger partial charge in [0.15, 0.2) is 0 Å². The highest BCUT2D eigenvalue weighted by Gasteiger charge is 2.13. The smallest absolute Gasteiger partial charge is 0.339 e. The molecule has 0 saturated carbocycles. The number of urea groups is 1. The van der Waals surface area contributed by atoms with E-state index in [9.17, 15) is 4.79 Å². The summed E-state index contributed by atoms with van der Waals surface area (Å²) in [6, 6.07) is 11.3. The van der Waals surface area contributed by atoms with Gasteiger partial charge in [-0.1, -0.05) is 44.2 Å². The minimum atomic E-state index is -0.369. The molecule has 138 valence electrons. The maximum Gasteiger partial charge on any atom is 0.339 e. The van der Waals surface area contributed by atoms with E-state index in [1.807, 2.05) is 50.2 Å². The zero-order valence-electron chi connectivity index (χ0n) is 16.1. The number of nitrogens with one attached hydrogen (secondary N) is 2. The fraction of sp³-hybridized carbons (Fsp3) is 0.333. The largest absolute Gasteiger partial charge is 0.496 e. The average Bonchev–Trinajstić information content (AvgIpc) is 2.64. The monoisotopic (exact) mass is 353 g/mol. The first kappa shape index (κ1) is 19.5. The summed E-state index contributed by atoms with van der Waals surface area (Å²) in [6.07, 6.45) is 2.65. The Labute approximate surface area is 155 Å². The Morgan fingerprint density at radius 2 is 1.85 bits per heavy atom. The van der Waals surface area contributed by atoms with Crippen molar-refractivity contribution in [2.45, 2.75) is 40.0 Å². The van der Waals surface area contributed by atoms with Gasteiger partial charge in [-0.2, -0.15) is 5.10 Å². The lowest BCUT2D eigenvalue weighted by molar-refractivity contribution is 0.252. The van der Waals surface area contributed by atoms with Gasteiger partial charge >= 0.3 is 6.03 Å². The summed E-state index contributed by atoms with van der Waals surface area (Å²) >= 11 is 0. The van der Waals surface area contributed by atoms with Crippen LogP contribution in [-0.2, 0) is 0 Å². The van der Waals surface area contributed by atoms with E-state index in [1.165, 1.54) is 0 Å². The van der Waals surface area contributed by atoms with Crippen LogP contribution in [-0.4, -0.2) is 19.4 Å². The Balaban J connectivity index is 2.12. The maximum atomic E-state index is 12.1. The third-order valence-electron chi connectivity index (χ3n) is 4.51. The Bertz CT molecular complexity index is 780. The Hall–Kier alpha value is -2.82. The number of anilines is 1. The number of rotatable bonds is 6. The zero-order valence-corrected chi connectivity index (χ0v) is 16.1. The molecule has 2 N–H and O–H groups in total. The summed E-state index contributed by atoms with van der Waals surface area (Å²) in [4.78, 5) is 12.1. The number of carbonyl (C=O) groups is 1. The molecule has 0 fully saturated rings. The lowest BCUT2D eigenvalue weighted by atomic mass is 9.93. The number of hydrogen-bond acceptors (Lipinski definition) is 3. The third kappa shape index (κ3) is 4.63. The number of amides is 2. The van der Waals surface area contributed by atoms with Crippen LogP contribution in [0.1, 0.15) is 48.4 Å². The van der Waals surface area contributed by atoms with E-state index in [-0.39, 0.29) is 6.03 Å². The molecule has 1 unspecified atom stereocenters. The van der Waals surface area contributed by atoms with Crippen molar-refractivity contribution in [3.05, 3.63) is 58.7 Å². The first-order chi connectivity index (χ1) is 12.5. The minimum absolute atomic E-state index is 0.330. The number of benzene rings is 2. The standard InChI is InChI=1S/C21H27N3O2/c1-6-14(2)19-17(11-8-12-18(19)26-5)13-22-24-21(25)23-20-15(3)9-7-10-16(20)4/h7-14H,6H2,1-5H3,(H2,23,24,25)/b22-13+. The van der Waals surface area contributed by atoms with Crippen molar-refractivity contribution in [1.29, 1.82) is 0 Å². The predicted molar refractivity (Wildman–Crippen MR) is 107 cm³/mol. The van der Waals surface area contributed by atoms with Gasteiger partial charge in [-0.15, -0.1) is 0 Å². The van der Waals surface area contributed by atoms with Crippen molar-refractivity contribution in [3.8, 4) is 5.75 Å². The molecule has 26 heavy (non-hydrogen) atoms. The molecule has 2 aromatic carbocycles. The highest BCUT2D eigenvalue weighted by atomic mass is 16.5. The van der Waals surface area contributed by atoms with Crippen molar-refractivity contribution in [3.63, 3.8) is 0 Å². The van der Waals surface area contributed by atoms with Crippen molar-refractivity contribution >= 4 is 17.9 Å². The van der Waals surface area contributed by atoms with Crippen LogP contribution in [0.5, 0.6) is 5.75 Å². The molecule has 0 spiro atoms. The van der Waals surface area contributed by atoms with Crippen molar-refractivity contribution in [2.75, 3.05) is 12.4 Å². The number of carbonyl (C=O) groups excluding carboxylic acids is 1. The number of nitrogens with zero attached hydrogens (tertiary/aromatic N) is 1. The van der Waals surface area contributed by atoms with Crippen LogP contribution in [0.15, 0.2) is 41.5 Å². The number of hydrogen-bond donors (Lipinski definition) is 2. The number of ether oxygens (including phenoxy) is 1. The molecular weight excluding hydrogens is 326 g/mol. The van der Waals surface area contributed by atoms with E-state index in [1.54, 1.807) is 13.3 Å². The highest BCUT2D eigenvalue weighted by molar-refractivity contribution is 5.92. The summed E-state index contributed by atoms with van der Waals surface area (Å²) in [5, 5.41) is 6.95. The fourth-order valence-electron chi connectivity index (χ4n) is 2.90. The summed E-state index contributed by atoms with van der Waals surface area (Å²) in [5.74, 6) is 1.17. The number of hydrazone groups is 1. The molecule has 0 aliphatic heterocycles. The second kappa shape index (κ2) is 9.04. The highest BCUT2D eigenvalue weighted by Crippen LogP contribution is 2.31. The van der Waals surface area contributed by atoms with E-state index in [0.29, 0.717) is 5.92 Å². The second-order valence-corrected chi connectivity index (χ2v) is 6.36. The number of methoxy groups -OCH3 is 1. The zero-order chi connectivity index (χ0) is 19.1. The molecule has 0 radical (unpaired) electrons. The van der Waals surface area contributed by atoms with Gasteiger partial charge in [0.1, 0.15) is 5.75 Å². The molecule has 0 saturated heterocycles. The lowest BCUT2D eigenvalue weighted by Gasteiger charge is -2.16. The van der Waals surface area contributed by atoms with Crippen LogP contribution in [0, 0.1) is 13.8 Å². The first-order valence-electron chi connectivity index (χ1n) is 8.81. The molecule has 5 nitrogen and oxygen atoms in total. The van der Waals surface area contributed by atoms with Gasteiger partial charge in [0.2, 0.25) is 0 Å². The second-order valence-electron chi connectivity index (χ2n) is 6.36. The van der Waals surface area contributed by atoms with Gasteiger partial charge in [-0.3, -0.25) is 0 Å². The van der Waals surface area contributed by atoms with Crippen LogP contribution in [0.4, 0.5) is 10.5 Å². The Kier molecular flexibility index (Phi) is 6.78. The summed E-state index contributed by atoms with van der Waals surface area (Å²) in [7, 11) is 1.67. The van der Waals surface area contributed by atoms with Gasteiger partial charge in [0, 0.05) is 16.8 Å². The van der Waals surface area contributed by atoms with Crippen LogP contribution < -0.4 is 15.5 Å². The molecule has 0 aliphatic rings. The van der Waals surface area contributed by atoms with Gasteiger partial charge in [-0.25, -0.2) is 10.2 Å². The lowest BCUT2D eigenvalue weighted by Crippen LogP contribution is -2.25. The molecule has 2 rings (SSSR count). The summed E-state index contributed by atoms with van der Waals surface area (Å²) < 4.78 is 5.48. The van der Waals surface area contributed by atoms with E-state index >= 15 is 0 Å². The normalized spacial score (nSPS) is 12.0. The SMILES string of the molecule is CCC(C)c1c(/C=N/NC(=O)Nc2c(C)cccc2C)cccc1OC. The van der Waals surface area contributed by atoms with Crippen molar-refractivity contribution in [2.24, 2.45) is 5.10 Å². The molecule has 0 aromatic heterocycles. The molecule has 2 amide bonds. The molecule has 5 heteroatoms. The van der Waals surface area contributed by atoms with Gasteiger partial charge in [-0.05, 0) is 43.4 Å². The van der Waals surface area contributed by atoms with Gasteiger partial charge < -0.3 is 10.1 Å². The topological polar surface area (TPSA) is 62.7 Å². The third-order valence-corrected chi connectivity index (χ3v) is 4.51. The van der Waals surface area contributed by atoms with Crippen molar-refractivity contribution < 1.29 is 9.53 Å². The van der Waals surface area contributed by atoms with E-state index in [2.05, 4.69) is 29.7 Å². The van der Waals surface area contributed by atoms with E-state index < -0.39 is 0 Å². The Morgan fingerprint density at radius 3 is 2.46 bits per heavy atom. The van der Waals surface area contributed by atoms with Gasteiger partial charge in [0.05, 0.1) is 13.3 Å². The minimum Gasteiger partial charge on any atom is -0.496 e. The molecule has 2 aromatic rings. The fourth-order valence-corrected chi connectivity index (χ4v) is 2.90. The number of aryl methyl sites for hydroxylation is 2.